The largest absolute Gasteiger partial charge is 0.481 e. The van der Waals surface area contributed by atoms with Crippen LogP contribution in [0.2, 0.25) is 0 Å². The number of carboxylic acid groups (broad SMARTS) is 1. The van der Waals surface area contributed by atoms with Crippen LogP contribution in [0.15, 0.2) is 60.7 Å². The molecule has 0 aliphatic rings. The summed E-state index contributed by atoms with van der Waals surface area (Å²) in [6.45, 7) is 0. The molecule has 0 aliphatic carbocycles. The number of hydrogen-bond acceptors (Lipinski definition) is 2. The highest BCUT2D eigenvalue weighted by molar-refractivity contribution is 5.77. The summed E-state index contributed by atoms with van der Waals surface area (Å²) in [6, 6.07) is 17.8. The highest BCUT2D eigenvalue weighted by Crippen LogP contribution is 2.29. The zero-order valence-electron chi connectivity index (χ0n) is 9.86. The molecule has 0 spiro atoms. The topological polar surface area (TPSA) is 63.3 Å². The molecule has 92 valence electrons. The van der Waals surface area contributed by atoms with E-state index < -0.39 is 17.9 Å². The Morgan fingerprint density at radius 1 is 0.889 bits per heavy atom. The minimum Gasteiger partial charge on any atom is -0.481 e. The van der Waals surface area contributed by atoms with Crippen molar-refractivity contribution in [1.29, 1.82) is 0 Å². The van der Waals surface area contributed by atoms with Gasteiger partial charge in [0.25, 0.3) is 0 Å². The van der Waals surface area contributed by atoms with Crippen LogP contribution in [-0.2, 0) is 4.79 Å². The van der Waals surface area contributed by atoms with Crippen LogP contribution in [0.1, 0.15) is 23.1 Å². The molecule has 2 atom stereocenters. The van der Waals surface area contributed by atoms with E-state index >= 15 is 0 Å². The lowest BCUT2D eigenvalue weighted by Gasteiger charge is -2.20. The minimum atomic E-state index is -0.905. The first-order valence-corrected chi connectivity index (χ1v) is 5.78. The van der Waals surface area contributed by atoms with E-state index in [2.05, 4.69) is 0 Å². The van der Waals surface area contributed by atoms with Crippen molar-refractivity contribution in [3.8, 4) is 0 Å². The highest BCUT2D eigenvalue weighted by Gasteiger charge is 2.27. The molecule has 0 aromatic heterocycles. The maximum absolute atomic E-state index is 11.4. The number of hydrogen-bond donors (Lipinski definition) is 2. The number of nitrogens with two attached hydrogens (primary N) is 1. The molecular formula is C15H15NO2. The molecule has 0 saturated heterocycles. The predicted molar refractivity (Wildman–Crippen MR) is 70.2 cm³/mol. The molecule has 0 saturated carbocycles. The standard InChI is InChI=1S/C15H15NO2/c16-14(12-9-5-2-6-10-12)13(15(17)18)11-7-3-1-4-8-11/h1-10,13-14H,16H2,(H,17,18)/t13?,14-/m1/s1. The molecule has 2 rings (SSSR count). The van der Waals surface area contributed by atoms with Crippen molar-refractivity contribution in [2.75, 3.05) is 0 Å². The Labute approximate surface area is 106 Å². The monoisotopic (exact) mass is 241 g/mol. The molecule has 3 nitrogen and oxygen atoms in total. The quantitative estimate of drug-likeness (QED) is 0.864. The third-order valence-corrected chi connectivity index (χ3v) is 2.97. The van der Waals surface area contributed by atoms with Crippen LogP contribution in [0.5, 0.6) is 0 Å². The van der Waals surface area contributed by atoms with Crippen LogP contribution in [-0.4, -0.2) is 11.1 Å². The van der Waals surface area contributed by atoms with E-state index in [0.29, 0.717) is 0 Å². The Bertz CT molecular complexity index is 511. The van der Waals surface area contributed by atoms with Crippen LogP contribution >= 0.6 is 0 Å². The summed E-state index contributed by atoms with van der Waals surface area (Å²) in [6.07, 6.45) is 0. The molecule has 3 heteroatoms. The normalized spacial score (nSPS) is 13.8. The van der Waals surface area contributed by atoms with E-state index in [1.807, 2.05) is 48.5 Å². The predicted octanol–water partition coefficient (Wildman–Crippen LogP) is 2.55. The summed E-state index contributed by atoms with van der Waals surface area (Å²) in [5.41, 5.74) is 7.64. The van der Waals surface area contributed by atoms with E-state index in [9.17, 15) is 9.90 Å². The highest BCUT2D eigenvalue weighted by atomic mass is 16.4. The molecule has 0 heterocycles. The Hall–Kier alpha value is -2.13. The molecule has 0 radical (unpaired) electrons. The molecule has 1 unspecified atom stereocenters. The number of carboxylic acids is 1. The van der Waals surface area contributed by atoms with Crippen molar-refractivity contribution >= 4 is 5.97 Å². The summed E-state index contributed by atoms with van der Waals surface area (Å²) in [5, 5.41) is 9.38. The van der Waals surface area contributed by atoms with Gasteiger partial charge in [-0.15, -0.1) is 0 Å². The lowest BCUT2D eigenvalue weighted by molar-refractivity contribution is -0.139. The minimum absolute atomic E-state index is 0.550. The summed E-state index contributed by atoms with van der Waals surface area (Å²) < 4.78 is 0. The Balaban J connectivity index is 2.35. The Kier molecular flexibility index (Phi) is 3.75. The van der Waals surface area contributed by atoms with Crippen molar-refractivity contribution < 1.29 is 9.90 Å². The molecule has 0 amide bonds. The fourth-order valence-electron chi connectivity index (χ4n) is 2.03. The van der Waals surface area contributed by atoms with Gasteiger partial charge in [-0.05, 0) is 11.1 Å². The van der Waals surface area contributed by atoms with Gasteiger partial charge in [0.1, 0.15) is 5.92 Å². The number of aliphatic carboxylic acids is 1. The van der Waals surface area contributed by atoms with Gasteiger partial charge in [0, 0.05) is 6.04 Å². The maximum Gasteiger partial charge on any atom is 0.312 e. The summed E-state index contributed by atoms with van der Waals surface area (Å²) in [7, 11) is 0. The first-order valence-electron chi connectivity index (χ1n) is 5.78. The SMILES string of the molecule is N[C@H](c1ccccc1)C(C(=O)O)c1ccccc1. The van der Waals surface area contributed by atoms with Gasteiger partial charge in [-0.2, -0.15) is 0 Å². The fourth-order valence-corrected chi connectivity index (χ4v) is 2.03. The average molecular weight is 241 g/mol. The third kappa shape index (κ3) is 2.57. The van der Waals surface area contributed by atoms with Gasteiger partial charge in [-0.25, -0.2) is 0 Å². The van der Waals surface area contributed by atoms with Gasteiger partial charge < -0.3 is 10.8 Å². The number of rotatable bonds is 4. The van der Waals surface area contributed by atoms with Crippen LogP contribution in [0.4, 0.5) is 0 Å². The van der Waals surface area contributed by atoms with E-state index in [0.717, 1.165) is 11.1 Å². The van der Waals surface area contributed by atoms with Gasteiger partial charge in [-0.1, -0.05) is 60.7 Å². The van der Waals surface area contributed by atoms with Crippen LogP contribution in [0, 0.1) is 0 Å². The van der Waals surface area contributed by atoms with Crippen LogP contribution in [0.3, 0.4) is 0 Å². The summed E-state index contributed by atoms with van der Waals surface area (Å²) in [5.74, 6) is -1.63. The average Bonchev–Trinajstić information content (AvgIpc) is 2.40. The van der Waals surface area contributed by atoms with Crippen molar-refractivity contribution in [3.05, 3.63) is 71.8 Å². The van der Waals surface area contributed by atoms with E-state index in [1.54, 1.807) is 12.1 Å². The van der Waals surface area contributed by atoms with E-state index in [-0.39, 0.29) is 0 Å². The lowest BCUT2D eigenvalue weighted by atomic mass is 9.88. The second kappa shape index (κ2) is 5.47. The van der Waals surface area contributed by atoms with Crippen LogP contribution in [0.25, 0.3) is 0 Å². The summed E-state index contributed by atoms with van der Waals surface area (Å²) >= 11 is 0. The second-order valence-corrected chi connectivity index (χ2v) is 4.16. The first kappa shape index (κ1) is 12.3. The smallest absolute Gasteiger partial charge is 0.312 e. The lowest BCUT2D eigenvalue weighted by Crippen LogP contribution is -2.26. The fraction of sp³-hybridized carbons (Fsp3) is 0.133. The Morgan fingerprint density at radius 2 is 1.33 bits per heavy atom. The molecule has 2 aromatic carbocycles. The van der Waals surface area contributed by atoms with E-state index in [4.69, 9.17) is 5.73 Å². The van der Waals surface area contributed by atoms with Gasteiger partial charge in [-0.3, -0.25) is 4.79 Å². The van der Waals surface area contributed by atoms with Crippen molar-refractivity contribution in [2.45, 2.75) is 12.0 Å². The maximum atomic E-state index is 11.4. The first-order chi connectivity index (χ1) is 8.70. The van der Waals surface area contributed by atoms with E-state index in [1.165, 1.54) is 0 Å². The van der Waals surface area contributed by atoms with Crippen molar-refractivity contribution in [3.63, 3.8) is 0 Å². The molecule has 0 fully saturated rings. The summed E-state index contributed by atoms with van der Waals surface area (Å²) in [4.78, 5) is 11.4. The molecule has 0 aliphatic heterocycles. The molecule has 2 aromatic rings. The molecular weight excluding hydrogens is 226 g/mol. The van der Waals surface area contributed by atoms with Crippen molar-refractivity contribution in [1.82, 2.24) is 0 Å². The molecule has 3 N–H and O–H groups in total. The van der Waals surface area contributed by atoms with Gasteiger partial charge in [0.15, 0.2) is 0 Å². The molecule has 0 bridgehead atoms. The second-order valence-electron chi connectivity index (χ2n) is 4.16. The molecule has 18 heavy (non-hydrogen) atoms. The zero-order chi connectivity index (χ0) is 13.0. The number of carbonyl (C=O) groups is 1. The number of benzene rings is 2. The van der Waals surface area contributed by atoms with Gasteiger partial charge >= 0.3 is 5.97 Å². The van der Waals surface area contributed by atoms with Crippen molar-refractivity contribution in [2.24, 2.45) is 5.73 Å². The third-order valence-electron chi connectivity index (χ3n) is 2.97. The zero-order valence-corrected chi connectivity index (χ0v) is 9.86. The van der Waals surface area contributed by atoms with Gasteiger partial charge in [0.05, 0.1) is 0 Å². The Morgan fingerprint density at radius 3 is 1.78 bits per heavy atom. The van der Waals surface area contributed by atoms with Crippen LogP contribution < -0.4 is 5.73 Å². The van der Waals surface area contributed by atoms with Gasteiger partial charge in [0.2, 0.25) is 0 Å².